The minimum absolute atomic E-state index is 0.139. The maximum Gasteiger partial charge on any atom is 0.0490 e. The van der Waals surface area contributed by atoms with Crippen molar-refractivity contribution in [1.82, 2.24) is 0 Å². The van der Waals surface area contributed by atoms with E-state index in [1.54, 1.807) is 0 Å². The summed E-state index contributed by atoms with van der Waals surface area (Å²) in [7, 11) is 6.65. The zero-order valence-electron chi connectivity index (χ0n) is 21.8. The van der Waals surface area contributed by atoms with E-state index in [4.69, 9.17) is 0 Å². The molecule has 0 amide bonds. The van der Waals surface area contributed by atoms with E-state index in [0.29, 0.717) is 0 Å². The average molecular weight is 525 g/mol. The van der Waals surface area contributed by atoms with Gasteiger partial charge in [-0.1, -0.05) is 135 Å². The highest BCUT2D eigenvalue weighted by molar-refractivity contribution is 7.19. The molecule has 4 aromatic rings. The van der Waals surface area contributed by atoms with Gasteiger partial charge in [0, 0.05) is 16.9 Å². The fraction of sp³-hybridized carbons (Fsp3) is 0.294. The highest BCUT2D eigenvalue weighted by Crippen LogP contribution is 2.73. The monoisotopic (exact) mass is 524 g/mol. The van der Waals surface area contributed by atoms with Crippen molar-refractivity contribution in [3.05, 3.63) is 144 Å². The van der Waals surface area contributed by atoms with Crippen molar-refractivity contribution >= 4 is 18.5 Å². The van der Waals surface area contributed by atoms with Crippen LogP contribution in [0.1, 0.15) is 48.9 Å². The Morgan fingerprint density at radius 1 is 0.649 bits per heavy atom. The van der Waals surface area contributed by atoms with Gasteiger partial charge in [0.2, 0.25) is 0 Å². The van der Waals surface area contributed by atoms with Crippen LogP contribution in [-0.4, -0.2) is 11.7 Å². The van der Waals surface area contributed by atoms with Crippen molar-refractivity contribution in [2.45, 2.75) is 37.0 Å². The van der Waals surface area contributed by atoms with Crippen molar-refractivity contribution in [3.8, 4) is 0 Å². The number of benzene rings is 4. The Morgan fingerprint density at radius 3 is 1.35 bits per heavy atom. The maximum atomic E-state index is 11.1. The Labute approximate surface area is 227 Å². The van der Waals surface area contributed by atoms with Crippen molar-refractivity contribution in [2.75, 3.05) is 6.61 Å². The molecule has 0 bridgehead atoms. The first-order valence-corrected chi connectivity index (χ1v) is 14.4. The average Bonchev–Trinajstić information content (AvgIpc) is 3.26. The topological polar surface area (TPSA) is 20.2 Å². The normalized spacial score (nSPS) is 24.2. The van der Waals surface area contributed by atoms with Crippen LogP contribution in [0.4, 0.5) is 0 Å². The van der Waals surface area contributed by atoms with Gasteiger partial charge in [0.1, 0.15) is 0 Å². The Hall–Kier alpha value is -2.30. The van der Waals surface area contributed by atoms with Gasteiger partial charge in [-0.05, 0) is 51.8 Å². The molecule has 1 aliphatic rings. The molecule has 0 spiro atoms. The molecular formula is C34H38OP2. The molecule has 190 valence electrons. The first kappa shape index (κ1) is 26.3. The van der Waals surface area contributed by atoms with Crippen LogP contribution in [0, 0.1) is 16.7 Å². The van der Waals surface area contributed by atoms with Gasteiger partial charge in [-0.25, -0.2) is 0 Å². The Morgan fingerprint density at radius 2 is 1.00 bits per heavy atom. The van der Waals surface area contributed by atoms with Crippen LogP contribution < -0.4 is 0 Å². The maximum absolute atomic E-state index is 11.1. The summed E-state index contributed by atoms with van der Waals surface area (Å²) in [5, 5.41) is 10.4. The van der Waals surface area contributed by atoms with E-state index in [1.165, 1.54) is 22.3 Å². The second kappa shape index (κ2) is 10.1. The molecule has 1 nitrogen and oxygen atoms in total. The van der Waals surface area contributed by atoms with Crippen LogP contribution in [-0.2, 0) is 10.3 Å². The van der Waals surface area contributed by atoms with Crippen molar-refractivity contribution in [2.24, 2.45) is 16.7 Å². The Kier molecular flexibility index (Phi) is 7.19. The zero-order valence-corrected chi connectivity index (χ0v) is 24.2. The van der Waals surface area contributed by atoms with E-state index in [-0.39, 0.29) is 28.5 Å². The molecule has 3 heteroatoms. The third-order valence-electron chi connectivity index (χ3n) is 9.61. The van der Waals surface area contributed by atoms with Gasteiger partial charge in [0.05, 0.1) is 0 Å². The van der Waals surface area contributed by atoms with Crippen LogP contribution in [0.15, 0.2) is 121 Å². The molecule has 1 saturated carbocycles. The molecule has 0 aromatic heterocycles. The summed E-state index contributed by atoms with van der Waals surface area (Å²) in [6, 6.07) is 43.6. The van der Waals surface area contributed by atoms with Gasteiger partial charge in [0.15, 0.2) is 0 Å². The molecule has 2 unspecified atom stereocenters. The molecule has 1 fully saturated rings. The summed E-state index contributed by atoms with van der Waals surface area (Å²) in [6.07, 6.45) is 1.97. The molecule has 0 saturated heterocycles. The molecular weight excluding hydrogens is 486 g/mol. The summed E-state index contributed by atoms with van der Waals surface area (Å²) in [5.41, 5.74) is 4.45. The van der Waals surface area contributed by atoms with Crippen LogP contribution >= 0.6 is 18.5 Å². The van der Waals surface area contributed by atoms with E-state index in [0.717, 1.165) is 12.8 Å². The minimum atomic E-state index is -0.431. The molecule has 4 aromatic carbocycles. The Bertz CT molecular complexity index is 1230. The molecule has 37 heavy (non-hydrogen) atoms. The van der Waals surface area contributed by atoms with Crippen LogP contribution in [0.2, 0.25) is 0 Å². The van der Waals surface area contributed by atoms with Gasteiger partial charge >= 0.3 is 0 Å². The quantitative estimate of drug-likeness (QED) is 0.243. The third kappa shape index (κ3) is 3.94. The van der Waals surface area contributed by atoms with Gasteiger partial charge in [-0.15, -0.1) is 18.5 Å². The number of hydrogen-bond donors (Lipinski definition) is 1. The van der Waals surface area contributed by atoms with E-state index in [2.05, 4.69) is 154 Å². The van der Waals surface area contributed by atoms with Crippen LogP contribution in [0.3, 0.4) is 0 Å². The molecule has 0 radical (unpaired) electrons. The Balaban J connectivity index is 1.85. The minimum Gasteiger partial charge on any atom is -0.396 e. The first-order chi connectivity index (χ1) is 17.8. The lowest BCUT2D eigenvalue weighted by molar-refractivity contribution is -0.0204. The van der Waals surface area contributed by atoms with Crippen molar-refractivity contribution in [1.29, 1.82) is 0 Å². The van der Waals surface area contributed by atoms with Gasteiger partial charge in [-0.2, -0.15) is 0 Å². The summed E-state index contributed by atoms with van der Waals surface area (Å²) >= 11 is 0. The predicted molar refractivity (Wildman–Crippen MR) is 163 cm³/mol. The van der Waals surface area contributed by atoms with Crippen LogP contribution in [0.25, 0.3) is 0 Å². The highest BCUT2D eigenvalue weighted by Gasteiger charge is 2.67. The van der Waals surface area contributed by atoms with Crippen LogP contribution in [0.5, 0.6) is 0 Å². The molecule has 1 N–H and O–H groups in total. The SMILES string of the molecule is C[C@@]1(CO)CC[C@H](C(P)(c2ccccc2)c2ccccc2)[C@]1(C)C(P)(c1ccccc1)c1ccccc1. The second-order valence-corrected chi connectivity index (χ2v) is 12.9. The third-order valence-corrected chi connectivity index (χ3v) is 11.9. The fourth-order valence-corrected chi connectivity index (χ4v) is 9.09. The molecule has 0 heterocycles. The number of hydrogen-bond acceptors (Lipinski definition) is 1. The van der Waals surface area contributed by atoms with E-state index in [9.17, 15) is 5.11 Å². The smallest absolute Gasteiger partial charge is 0.0490 e. The predicted octanol–water partition coefficient (Wildman–Crippen LogP) is 8.04. The highest BCUT2D eigenvalue weighted by atomic mass is 31.0. The molecule has 5 rings (SSSR count). The summed E-state index contributed by atoms with van der Waals surface area (Å²) in [5.74, 6) is 0.213. The lowest BCUT2D eigenvalue weighted by atomic mass is 9.51. The van der Waals surface area contributed by atoms with Crippen molar-refractivity contribution < 1.29 is 5.11 Å². The summed E-state index contributed by atoms with van der Waals surface area (Å²) < 4.78 is 0. The fourth-order valence-electron chi connectivity index (χ4n) is 7.27. The van der Waals surface area contributed by atoms with Gasteiger partial charge in [-0.3, -0.25) is 0 Å². The second-order valence-electron chi connectivity index (χ2n) is 11.2. The molecule has 1 aliphatic carbocycles. The number of rotatable bonds is 7. The van der Waals surface area contributed by atoms with E-state index in [1.807, 2.05) is 0 Å². The number of aliphatic hydroxyl groups excluding tert-OH is 1. The van der Waals surface area contributed by atoms with Gasteiger partial charge < -0.3 is 5.11 Å². The lowest BCUT2D eigenvalue weighted by Crippen LogP contribution is -2.56. The standard InChI is InChI=1S/C34H38OP2/c1-31(25-35)24-23-30(33(36,26-15-7-3-8-16-26)27-17-9-4-10-18-27)32(31,2)34(37,28-19-11-5-12-20-28)29-21-13-6-14-22-29/h3-22,30,35H,23-25,36-37H2,1-2H3/t30-,31-,32-/m0/s1. The van der Waals surface area contributed by atoms with E-state index >= 15 is 0 Å². The summed E-state index contributed by atoms with van der Waals surface area (Å²) in [4.78, 5) is 0. The largest absolute Gasteiger partial charge is 0.396 e. The molecule has 0 aliphatic heterocycles. The lowest BCUT2D eigenvalue weighted by Gasteiger charge is -2.59. The zero-order chi connectivity index (χ0) is 26.2. The first-order valence-electron chi connectivity index (χ1n) is 13.2. The van der Waals surface area contributed by atoms with Crippen molar-refractivity contribution in [3.63, 3.8) is 0 Å². The van der Waals surface area contributed by atoms with Gasteiger partial charge in [0.25, 0.3) is 0 Å². The van der Waals surface area contributed by atoms with E-state index < -0.39 is 5.16 Å². The number of aliphatic hydroxyl groups is 1. The molecule has 5 atom stereocenters. The summed E-state index contributed by atoms with van der Waals surface area (Å²) in [6.45, 7) is 4.89.